The quantitative estimate of drug-likeness (QED) is 0.781. The molecular formula is C17H20N4. The minimum absolute atomic E-state index is 0.119. The van der Waals surface area contributed by atoms with E-state index in [1.807, 2.05) is 42.7 Å². The van der Waals surface area contributed by atoms with Crippen LogP contribution >= 0.6 is 0 Å². The molecule has 2 aromatic heterocycles. The maximum atomic E-state index is 6.28. The Morgan fingerprint density at radius 3 is 2.67 bits per heavy atom. The lowest BCUT2D eigenvalue weighted by Crippen LogP contribution is -2.25. The number of hydrogen-bond acceptors (Lipinski definition) is 3. The highest BCUT2D eigenvalue weighted by molar-refractivity contribution is 5.75. The first-order valence-electron chi connectivity index (χ1n) is 7.29. The van der Waals surface area contributed by atoms with Crippen molar-refractivity contribution >= 4 is 11.0 Å². The van der Waals surface area contributed by atoms with Crippen molar-refractivity contribution in [2.45, 2.75) is 25.3 Å². The maximum absolute atomic E-state index is 6.28. The van der Waals surface area contributed by atoms with E-state index in [9.17, 15) is 0 Å². The van der Waals surface area contributed by atoms with Crippen molar-refractivity contribution < 1.29 is 0 Å². The summed E-state index contributed by atoms with van der Waals surface area (Å²) in [5.41, 5.74) is 9.76. The van der Waals surface area contributed by atoms with Crippen LogP contribution in [0.15, 0.2) is 48.8 Å². The van der Waals surface area contributed by atoms with Crippen LogP contribution in [0.5, 0.6) is 0 Å². The first-order chi connectivity index (χ1) is 10.2. The highest BCUT2D eigenvalue weighted by atomic mass is 15.1. The summed E-state index contributed by atoms with van der Waals surface area (Å²) in [6.07, 6.45) is 6.38. The predicted molar refractivity (Wildman–Crippen MR) is 85.0 cm³/mol. The standard InChI is InChI=1S/C17H20N4/c1-21-16-5-3-2-4-15(16)20-17(21)12-14(18)7-6-13-8-10-19-11-9-13/h2-5,8-11,14H,6-7,12,18H2,1H3. The molecule has 0 saturated carbocycles. The lowest BCUT2D eigenvalue weighted by molar-refractivity contribution is 0.584. The zero-order valence-corrected chi connectivity index (χ0v) is 12.2. The van der Waals surface area contributed by atoms with Gasteiger partial charge in [0.15, 0.2) is 0 Å². The fourth-order valence-corrected chi connectivity index (χ4v) is 2.62. The second kappa shape index (κ2) is 6.06. The van der Waals surface area contributed by atoms with Crippen LogP contribution in [0, 0.1) is 0 Å². The molecule has 0 amide bonds. The van der Waals surface area contributed by atoms with Crippen molar-refractivity contribution in [3.8, 4) is 0 Å². The van der Waals surface area contributed by atoms with E-state index in [2.05, 4.69) is 27.6 Å². The molecule has 4 nitrogen and oxygen atoms in total. The SMILES string of the molecule is Cn1c(CC(N)CCc2ccncc2)nc2ccccc21. The summed E-state index contributed by atoms with van der Waals surface area (Å²) in [4.78, 5) is 8.71. The van der Waals surface area contributed by atoms with Crippen LogP contribution in [0.2, 0.25) is 0 Å². The number of aryl methyl sites for hydroxylation is 2. The largest absolute Gasteiger partial charge is 0.331 e. The Morgan fingerprint density at radius 2 is 1.90 bits per heavy atom. The molecule has 0 fully saturated rings. The fraction of sp³-hybridized carbons (Fsp3) is 0.294. The van der Waals surface area contributed by atoms with Gasteiger partial charge in [-0.25, -0.2) is 4.98 Å². The van der Waals surface area contributed by atoms with Gasteiger partial charge >= 0.3 is 0 Å². The van der Waals surface area contributed by atoms with Crippen LogP contribution in [-0.2, 0) is 19.9 Å². The molecule has 1 unspecified atom stereocenters. The van der Waals surface area contributed by atoms with Crippen molar-refractivity contribution in [2.75, 3.05) is 0 Å². The second-order valence-electron chi connectivity index (χ2n) is 5.43. The summed E-state index contributed by atoms with van der Waals surface area (Å²) < 4.78 is 2.14. The molecule has 0 aliphatic heterocycles. The molecule has 0 spiro atoms. The van der Waals surface area contributed by atoms with Crippen molar-refractivity contribution in [3.05, 3.63) is 60.2 Å². The summed E-state index contributed by atoms with van der Waals surface area (Å²) >= 11 is 0. The van der Waals surface area contributed by atoms with Gasteiger partial charge in [0.1, 0.15) is 5.82 Å². The minimum Gasteiger partial charge on any atom is -0.331 e. The van der Waals surface area contributed by atoms with Crippen LogP contribution in [0.1, 0.15) is 17.8 Å². The third-order valence-electron chi connectivity index (χ3n) is 3.88. The predicted octanol–water partition coefficient (Wildman–Crippen LogP) is 2.47. The fourth-order valence-electron chi connectivity index (χ4n) is 2.62. The van der Waals surface area contributed by atoms with E-state index < -0.39 is 0 Å². The van der Waals surface area contributed by atoms with Crippen LogP contribution in [0.25, 0.3) is 11.0 Å². The van der Waals surface area contributed by atoms with E-state index in [1.165, 1.54) is 5.56 Å². The van der Waals surface area contributed by atoms with Crippen LogP contribution in [-0.4, -0.2) is 20.6 Å². The molecule has 21 heavy (non-hydrogen) atoms. The van der Waals surface area contributed by atoms with Gasteiger partial charge in [0.2, 0.25) is 0 Å². The van der Waals surface area contributed by atoms with E-state index in [1.54, 1.807) is 0 Å². The Bertz CT molecular complexity index is 718. The van der Waals surface area contributed by atoms with E-state index in [0.29, 0.717) is 0 Å². The first-order valence-corrected chi connectivity index (χ1v) is 7.29. The summed E-state index contributed by atoms with van der Waals surface area (Å²) in [6.45, 7) is 0. The normalized spacial score (nSPS) is 12.7. The van der Waals surface area contributed by atoms with E-state index in [4.69, 9.17) is 5.73 Å². The molecule has 1 atom stereocenters. The molecule has 0 saturated heterocycles. The Kier molecular flexibility index (Phi) is 3.97. The highest BCUT2D eigenvalue weighted by Gasteiger charge is 2.11. The molecule has 0 radical (unpaired) electrons. The van der Waals surface area contributed by atoms with Gasteiger partial charge in [-0.2, -0.15) is 0 Å². The lowest BCUT2D eigenvalue weighted by atomic mass is 10.0. The van der Waals surface area contributed by atoms with Gasteiger partial charge in [-0.15, -0.1) is 0 Å². The molecule has 4 heteroatoms. The molecular weight excluding hydrogens is 260 g/mol. The van der Waals surface area contributed by atoms with Gasteiger partial charge in [-0.05, 0) is 42.7 Å². The number of nitrogens with two attached hydrogens (primary N) is 1. The zero-order valence-electron chi connectivity index (χ0n) is 12.2. The number of imidazole rings is 1. The monoisotopic (exact) mass is 280 g/mol. The number of para-hydroxylation sites is 2. The minimum atomic E-state index is 0.119. The van der Waals surface area contributed by atoms with Gasteiger partial charge in [-0.3, -0.25) is 4.98 Å². The Morgan fingerprint density at radius 1 is 1.14 bits per heavy atom. The topological polar surface area (TPSA) is 56.7 Å². The van der Waals surface area contributed by atoms with Gasteiger partial charge < -0.3 is 10.3 Å². The van der Waals surface area contributed by atoms with Gasteiger partial charge in [-0.1, -0.05) is 12.1 Å². The number of rotatable bonds is 5. The van der Waals surface area contributed by atoms with Crippen molar-refractivity contribution in [1.29, 1.82) is 0 Å². The molecule has 2 N–H and O–H groups in total. The molecule has 0 aliphatic carbocycles. The van der Waals surface area contributed by atoms with Crippen LogP contribution in [0.4, 0.5) is 0 Å². The van der Waals surface area contributed by atoms with E-state index in [0.717, 1.165) is 36.1 Å². The van der Waals surface area contributed by atoms with Gasteiger partial charge in [0.05, 0.1) is 11.0 Å². The average molecular weight is 280 g/mol. The summed E-state index contributed by atoms with van der Waals surface area (Å²) in [6, 6.07) is 12.4. The third-order valence-corrected chi connectivity index (χ3v) is 3.88. The van der Waals surface area contributed by atoms with Gasteiger partial charge in [0.25, 0.3) is 0 Å². The molecule has 2 heterocycles. The number of fused-ring (bicyclic) bond motifs is 1. The number of hydrogen-bond donors (Lipinski definition) is 1. The Hall–Kier alpha value is -2.20. The number of nitrogens with zero attached hydrogens (tertiary/aromatic N) is 3. The van der Waals surface area contributed by atoms with E-state index in [-0.39, 0.29) is 6.04 Å². The van der Waals surface area contributed by atoms with Crippen molar-refractivity contribution in [2.24, 2.45) is 12.8 Å². The number of pyridine rings is 1. The average Bonchev–Trinajstić information content (AvgIpc) is 2.83. The maximum Gasteiger partial charge on any atom is 0.111 e. The van der Waals surface area contributed by atoms with Gasteiger partial charge in [0, 0.05) is 31.9 Å². The number of benzene rings is 1. The van der Waals surface area contributed by atoms with E-state index >= 15 is 0 Å². The smallest absolute Gasteiger partial charge is 0.111 e. The Balaban J connectivity index is 1.66. The zero-order chi connectivity index (χ0) is 14.7. The summed E-state index contributed by atoms with van der Waals surface area (Å²) in [5, 5.41) is 0. The van der Waals surface area contributed by atoms with Crippen LogP contribution in [0.3, 0.4) is 0 Å². The van der Waals surface area contributed by atoms with Crippen LogP contribution < -0.4 is 5.73 Å². The molecule has 0 bridgehead atoms. The molecule has 3 aromatic rings. The van der Waals surface area contributed by atoms with Crippen molar-refractivity contribution in [3.63, 3.8) is 0 Å². The number of aromatic nitrogens is 3. The molecule has 1 aromatic carbocycles. The summed E-state index contributed by atoms with van der Waals surface area (Å²) in [5.74, 6) is 1.05. The third kappa shape index (κ3) is 3.11. The molecule has 108 valence electrons. The lowest BCUT2D eigenvalue weighted by Gasteiger charge is -2.11. The second-order valence-corrected chi connectivity index (χ2v) is 5.43. The first kappa shape index (κ1) is 13.8. The van der Waals surface area contributed by atoms with Crippen molar-refractivity contribution in [1.82, 2.24) is 14.5 Å². The Labute approximate surface area is 124 Å². The molecule has 3 rings (SSSR count). The highest BCUT2D eigenvalue weighted by Crippen LogP contribution is 2.16. The molecule has 0 aliphatic rings. The summed E-state index contributed by atoms with van der Waals surface area (Å²) in [7, 11) is 2.06.